The van der Waals surface area contributed by atoms with Crippen LogP contribution in [-0.2, 0) is 0 Å². The zero-order chi connectivity index (χ0) is 11.4. The maximum atomic E-state index is 9.20. The molecule has 1 rings (SSSR count). The summed E-state index contributed by atoms with van der Waals surface area (Å²) in [7, 11) is 1.77. The number of hydrogen-bond acceptors (Lipinski definition) is 5. The molecular weight excluding hydrogens is 194 g/mol. The van der Waals surface area contributed by atoms with Gasteiger partial charge in [-0.2, -0.15) is 0 Å². The van der Waals surface area contributed by atoms with E-state index in [2.05, 4.69) is 9.97 Å². The van der Waals surface area contributed by atoms with Gasteiger partial charge < -0.3 is 15.7 Å². The zero-order valence-electron chi connectivity index (χ0n) is 8.81. The van der Waals surface area contributed by atoms with Gasteiger partial charge in [-0.15, -0.1) is 0 Å². The van der Waals surface area contributed by atoms with Gasteiger partial charge in [-0.1, -0.05) is 0 Å². The third-order valence-electron chi connectivity index (χ3n) is 1.80. The summed E-state index contributed by atoms with van der Waals surface area (Å²) >= 11 is 0. The summed E-state index contributed by atoms with van der Waals surface area (Å²) in [6.07, 6.45) is 1.08. The minimum atomic E-state index is -0.459. The predicted octanol–water partition coefficient (Wildman–Crippen LogP) is -0.422. The summed E-state index contributed by atoms with van der Waals surface area (Å²) in [5.41, 5.74) is 5.70. The lowest BCUT2D eigenvalue weighted by Gasteiger charge is -2.18. The highest BCUT2D eigenvalue weighted by Crippen LogP contribution is 2.05. The van der Waals surface area contributed by atoms with E-state index in [1.165, 1.54) is 6.20 Å². The molecule has 0 fully saturated rings. The molecule has 0 aliphatic heterocycles. The van der Waals surface area contributed by atoms with Gasteiger partial charge in [0.15, 0.2) is 0 Å². The molecule has 0 aliphatic carbocycles. The first kappa shape index (κ1) is 11.4. The molecule has 1 unspecified atom stereocenters. The summed E-state index contributed by atoms with van der Waals surface area (Å²) < 4.78 is 0. The Morgan fingerprint density at radius 2 is 2.40 bits per heavy atom. The van der Waals surface area contributed by atoms with Crippen molar-refractivity contribution in [2.75, 3.05) is 18.5 Å². The predicted molar refractivity (Wildman–Crippen MR) is 58.0 cm³/mol. The van der Waals surface area contributed by atoms with Gasteiger partial charge in [0.2, 0.25) is 5.95 Å². The SMILES string of the molecule is CC(O)CN(C)c1nccc(C(=N)N)n1. The summed E-state index contributed by atoms with van der Waals surface area (Å²) in [5, 5.41) is 16.4. The molecule has 1 atom stereocenters. The van der Waals surface area contributed by atoms with Gasteiger partial charge in [0.05, 0.1) is 6.10 Å². The van der Waals surface area contributed by atoms with Crippen molar-refractivity contribution >= 4 is 11.8 Å². The third-order valence-corrected chi connectivity index (χ3v) is 1.80. The standard InChI is InChI=1S/C9H15N5O/c1-6(15)5-14(2)9-12-4-3-7(13-9)8(10)11/h3-4,6,15H,5H2,1-2H3,(H3,10,11). The number of hydrogen-bond donors (Lipinski definition) is 3. The maximum Gasteiger partial charge on any atom is 0.225 e. The average molecular weight is 209 g/mol. The van der Waals surface area contributed by atoms with Crippen LogP contribution in [0.25, 0.3) is 0 Å². The number of rotatable bonds is 4. The second kappa shape index (κ2) is 4.70. The molecule has 4 N–H and O–H groups in total. The van der Waals surface area contributed by atoms with Gasteiger partial charge in [-0.3, -0.25) is 5.41 Å². The van der Waals surface area contributed by atoms with Crippen LogP contribution in [-0.4, -0.2) is 40.6 Å². The quantitative estimate of drug-likeness (QED) is 0.462. The van der Waals surface area contributed by atoms with Gasteiger partial charge >= 0.3 is 0 Å². The molecule has 0 radical (unpaired) electrons. The van der Waals surface area contributed by atoms with Crippen LogP contribution in [0.3, 0.4) is 0 Å². The van der Waals surface area contributed by atoms with Crippen LogP contribution in [0.4, 0.5) is 5.95 Å². The van der Waals surface area contributed by atoms with Crippen LogP contribution in [0.15, 0.2) is 12.3 Å². The van der Waals surface area contributed by atoms with Crippen LogP contribution < -0.4 is 10.6 Å². The molecule has 0 saturated heterocycles. The molecule has 0 bridgehead atoms. The van der Waals surface area contributed by atoms with Crippen LogP contribution in [0.1, 0.15) is 12.6 Å². The minimum Gasteiger partial charge on any atom is -0.392 e. The largest absolute Gasteiger partial charge is 0.392 e. The lowest BCUT2D eigenvalue weighted by molar-refractivity contribution is 0.201. The number of amidine groups is 1. The molecule has 0 spiro atoms. The van der Waals surface area contributed by atoms with Crippen molar-refractivity contribution < 1.29 is 5.11 Å². The normalized spacial score (nSPS) is 12.2. The van der Waals surface area contributed by atoms with Crippen LogP contribution in [0.2, 0.25) is 0 Å². The van der Waals surface area contributed by atoms with Crippen molar-refractivity contribution in [1.29, 1.82) is 5.41 Å². The molecule has 15 heavy (non-hydrogen) atoms. The lowest BCUT2D eigenvalue weighted by Crippen LogP contribution is -2.29. The zero-order valence-corrected chi connectivity index (χ0v) is 8.81. The highest BCUT2D eigenvalue weighted by atomic mass is 16.3. The molecule has 82 valence electrons. The highest BCUT2D eigenvalue weighted by Gasteiger charge is 2.08. The number of nitrogens with two attached hydrogens (primary N) is 1. The smallest absolute Gasteiger partial charge is 0.225 e. The first-order chi connectivity index (χ1) is 7.00. The fraction of sp³-hybridized carbons (Fsp3) is 0.444. The summed E-state index contributed by atoms with van der Waals surface area (Å²) in [6, 6.07) is 1.57. The van der Waals surface area contributed by atoms with Crippen LogP contribution in [0, 0.1) is 5.41 Å². The number of aromatic nitrogens is 2. The number of anilines is 1. The van der Waals surface area contributed by atoms with Crippen molar-refractivity contribution in [2.24, 2.45) is 5.73 Å². The number of likely N-dealkylation sites (N-methyl/N-ethyl adjacent to an activating group) is 1. The second-order valence-electron chi connectivity index (χ2n) is 3.39. The number of nitrogens with zero attached hydrogens (tertiary/aromatic N) is 3. The summed E-state index contributed by atoms with van der Waals surface area (Å²) in [6.45, 7) is 2.12. The van der Waals surface area contributed by atoms with Crippen molar-refractivity contribution in [3.05, 3.63) is 18.0 Å². The van der Waals surface area contributed by atoms with E-state index in [0.717, 1.165) is 0 Å². The average Bonchev–Trinajstić information content (AvgIpc) is 2.17. The Bertz CT molecular complexity index is 352. The Morgan fingerprint density at radius 3 is 2.93 bits per heavy atom. The Balaban J connectivity index is 2.85. The molecule has 1 aromatic heterocycles. The molecule has 1 aromatic rings. The van der Waals surface area contributed by atoms with Gasteiger partial charge in [0, 0.05) is 19.8 Å². The van der Waals surface area contributed by atoms with Crippen molar-refractivity contribution in [3.63, 3.8) is 0 Å². The Morgan fingerprint density at radius 1 is 1.73 bits per heavy atom. The van der Waals surface area contributed by atoms with Gasteiger partial charge in [0.1, 0.15) is 11.5 Å². The molecule has 6 heteroatoms. The summed E-state index contributed by atoms with van der Waals surface area (Å²) in [4.78, 5) is 9.81. The van der Waals surface area contributed by atoms with E-state index in [0.29, 0.717) is 18.2 Å². The highest BCUT2D eigenvalue weighted by molar-refractivity contribution is 5.93. The van der Waals surface area contributed by atoms with E-state index in [9.17, 15) is 5.11 Å². The Hall–Kier alpha value is -1.69. The van der Waals surface area contributed by atoms with Crippen molar-refractivity contribution in [1.82, 2.24) is 9.97 Å². The van der Waals surface area contributed by atoms with E-state index in [-0.39, 0.29) is 5.84 Å². The Labute approximate surface area is 88.3 Å². The van der Waals surface area contributed by atoms with E-state index < -0.39 is 6.10 Å². The molecule has 1 heterocycles. The second-order valence-corrected chi connectivity index (χ2v) is 3.39. The molecule has 0 aliphatic rings. The first-order valence-corrected chi connectivity index (χ1v) is 4.57. The fourth-order valence-electron chi connectivity index (χ4n) is 1.16. The van der Waals surface area contributed by atoms with Crippen LogP contribution >= 0.6 is 0 Å². The molecule has 0 amide bonds. The van der Waals surface area contributed by atoms with E-state index in [1.54, 1.807) is 24.9 Å². The van der Waals surface area contributed by atoms with E-state index in [1.807, 2.05) is 0 Å². The number of nitrogen functional groups attached to an aromatic ring is 1. The maximum absolute atomic E-state index is 9.20. The van der Waals surface area contributed by atoms with E-state index in [4.69, 9.17) is 11.1 Å². The van der Waals surface area contributed by atoms with Crippen molar-refractivity contribution in [3.8, 4) is 0 Å². The molecule has 6 nitrogen and oxygen atoms in total. The Kier molecular flexibility index (Phi) is 3.56. The van der Waals surface area contributed by atoms with Crippen LogP contribution in [0.5, 0.6) is 0 Å². The fourth-order valence-corrected chi connectivity index (χ4v) is 1.16. The van der Waals surface area contributed by atoms with Crippen molar-refractivity contribution in [2.45, 2.75) is 13.0 Å². The lowest BCUT2D eigenvalue weighted by atomic mass is 10.3. The molecule has 0 aromatic carbocycles. The van der Waals surface area contributed by atoms with Gasteiger partial charge in [-0.05, 0) is 13.0 Å². The van der Waals surface area contributed by atoms with Gasteiger partial charge in [0.25, 0.3) is 0 Å². The monoisotopic (exact) mass is 209 g/mol. The minimum absolute atomic E-state index is 0.0934. The summed E-state index contributed by atoms with van der Waals surface area (Å²) in [5.74, 6) is 0.354. The van der Waals surface area contributed by atoms with Gasteiger partial charge in [-0.25, -0.2) is 9.97 Å². The third kappa shape index (κ3) is 3.17. The van der Waals surface area contributed by atoms with E-state index >= 15 is 0 Å². The number of aliphatic hydroxyl groups excluding tert-OH is 1. The molecule has 0 saturated carbocycles. The number of nitrogens with one attached hydrogen (secondary N) is 1. The molecular formula is C9H15N5O. The topological polar surface area (TPSA) is 99.1 Å². The number of aliphatic hydroxyl groups is 1. The first-order valence-electron chi connectivity index (χ1n) is 4.57.